The molecule has 1 unspecified atom stereocenters. The molecular weight excluding hydrogens is 346 g/mol. The van der Waals surface area contributed by atoms with Crippen molar-refractivity contribution in [1.29, 1.82) is 0 Å². The van der Waals surface area contributed by atoms with Crippen molar-refractivity contribution in [3.8, 4) is 11.3 Å². The number of aryl methyl sites for hydroxylation is 1. The molecule has 1 fully saturated rings. The smallest absolute Gasteiger partial charge is 0.227 e. The van der Waals surface area contributed by atoms with E-state index in [1.807, 2.05) is 17.0 Å². The summed E-state index contributed by atoms with van der Waals surface area (Å²) in [6.45, 7) is 3.67. The Morgan fingerprint density at radius 3 is 2.75 bits per heavy atom. The van der Waals surface area contributed by atoms with Gasteiger partial charge >= 0.3 is 0 Å². The van der Waals surface area contributed by atoms with Crippen molar-refractivity contribution in [3.63, 3.8) is 0 Å². The number of piperidine rings is 1. The second-order valence-electron chi connectivity index (χ2n) is 7.53. The summed E-state index contributed by atoms with van der Waals surface area (Å²) >= 11 is 0. The summed E-state index contributed by atoms with van der Waals surface area (Å²) in [5, 5.41) is 0. The molecule has 1 aromatic carbocycles. The summed E-state index contributed by atoms with van der Waals surface area (Å²) in [5.41, 5.74) is 5.47. The lowest BCUT2D eigenvalue weighted by molar-refractivity contribution is -0.131. The van der Waals surface area contributed by atoms with E-state index in [-0.39, 0.29) is 5.91 Å². The average Bonchev–Trinajstić information content (AvgIpc) is 2.75. The van der Waals surface area contributed by atoms with Crippen molar-refractivity contribution in [2.75, 3.05) is 13.1 Å². The SMILES string of the molecule is Cc1cccc(-c2cccc(C3CCCN(C(=O)Cc4ccncc4)C3)n2)c1. The monoisotopic (exact) mass is 371 g/mol. The van der Waals surface area contributed by atoms with Gasteiger partial charge in [-0.15, -0.1) is 0 Å². The van der Waals surface area contributed by atoms with Crippen LogP contribution >= 0.6 is 0 Å². The van der Waals surface area contributed by atoms with E-state index < -0.39 is 0 Å². The second kappa shape index (κ2) is 8.34. The molecule has 0 radical (unpaired) electrons. The van der Waals surface area contributed by atoms with Crippen LogP contribution in [0.5, 0.6) is 0 Å². The standard InChI is InChI=1S/C24H25N3O/c1-18-5-2-6-20(15-18)22-8-3-9-23(26-22)21-7-4-14-27(17-21)24(28)16-19-10-12-25-13-11-19/h2-3,5-6,8-13,15,21H,4,7,14,16-17H2,1H3. The van der Waals surface area contributed by atoms with Crippen molar-refractivity contribution in [3.05, 3.63) is 83.8 Å². The first-order valence-electron chi connectivity index (χ1n) is 9.90. The van der Waals surface area contributed by atoms with Gasteiger partial charge in [-0.3, -0.25) is 14.8 Å². The minimum absolute atomic E-state index is 0.186. The predicted molar refractivity (Wildman–Crippen MR) is 111 cm³/mol. The Morgan fingerprint density at radius 2 is 1.93 bits per heavy atom. The first-order valence-corrected chi connectivity index (χ1v) is 9.90. The lowest BCUT2D eigenvalue weighted by Gasteiger charge is -2.32. The Kier molecular flexibility index (Phi) is 5.47. The molecule has 0 N–H and O–H groups in total. The summed E-state index contributed by atoms with van der Waals surface area (Å²) in [6, 6.07) is 18.5. The van der Waals surface area contributed by atoms with E-state index in [1.54, 1.807) is 12.4 Å². The quantitative estimate of drug-likeness (QED) is 0.683. The van der Waals surface area contributed by atoms with Gasteiger partial charge in [0.15, 0.2) is 0 Å². The summed E-state index contributed by atoms with van der Waals surface area (Å²) in [7, 11) is 0. The Labute approximate surface area is 166 Å². The second-order valence-corrected chi connectivity index (χ2v) is 7.53. The number of aromatic nitrogens is 2. The molecule has 4 rings (SSSR count). The molecule has 2 aromatic heterocycles. The topological polar surface area (TPSA) is 46.1 Å². The van der Waals surface area contributed by atoms with Crippen LogP contribution in [0.1, 0.15) is 35.6 Å². The minimum atomic E-state index is 0.186. The Balaban J connectivity index is 1.49. The fourth-order valence-corrected chi connectivity index (χ4v) is 3.88. The van der Waals surface area contributed by atoms with Gasteiger partial charge in [-0.2, -0.15) is 0 Å². The van der Waals surface area contributed by atoms with Crippen molar-refractivity contribution in [1.82, 2.24) is 14.9 Å². The Hall–Kier alpha value is -3.01. The zero-order valence-corrected chi connectivity index (χ0v) is 16.2. The maximum absolute atomic E-state index is 12.8. The number of carbonyl (C=O) groups is 1. The third-order valence-corrected chi connectivity index (χ3v) is 5.38. The molecule has 1 aliphatic rings. The molecule has 4 heteroatoms. The fraction of sp³-hybridized carbons (Fsp3) is 0.292. The molecule has 1 atom stereocenters. The lowest BCUT2D eigenvalue weighted by Crippen LogP contribution is -2.40. The normalized spacial score (nSPS) is 16.8. The zero-order valence-electron chi connectivity index (χ0n) is 16.2. The molecule has 3 heterocycles. The van der Waals surface area contributed by atoms with Gasteiger partial charge in [0.25, 0.3) is 0 Å². The van der Waals surface area contributed by atoms with Crippen LogP contribution in [-0.4, -0.2) is 33.9 Å². The third kappa shape index (κ3) is 4.28. The van der Waals surface area contributed by atoms with Gasteiger partial charge in [0.05, 0.1) is 12.1 Å². The molecule has 0 spiro atoms. The van der Waals surface area contributed by atoms with E-state index >= 15 is 0 Å². The van der Waals surface area contributed by atoms with Crippen LogP contribution in [0.25, 0.3) is 11.3 Å². The van der Waals surface area contributed by atoms with Crippen LogP contribution < -0.4 is 0 Å². The molecular formula is C24H25N3O. The highest BCUT2D eigenvalue weighted by atomic mass is 16.2. The fourth-order valence-electron chi connectivity index (χ4n) is 3.88. The summed E-state index contributed by atoms with van der Waals surface area (Å²) in [5.74, 6) is 0.477. The van der Waals surface area contributed by atoms with Crippen LogP contribution in [0.2, 0.25) is 0 Å². The molecule has 3 aromatic rings. The van der Waals surface area contributed by atoms with Crippen LogP contribution in [0, 0.1) is 6.92 Å². The zero-order chi connectivity index (χ0) is 19.3. The third-order valence-electron chi connectivity index (χ3n) is 5.38. The van der Waals surface area contributed by atoms with Crippen LogP contribution in [0.15, 0.2) is 67.0 Å². The molecule has 0 bridgehead atoms. The average molecular weight is 371 g/mol. The van der Waals surface area contributed by atoms with Crippen LogP contribution in [0.3, 0.4) is 0 Å². The number of rotatable bonds is 4. The van der Waals surface area contributed by atoms with Crippen molar-refractivity contribution < 1.29 is 4.79 Å². The number of benzene rings is 1. The largest absolute Gasteiger partial charge is 0.342 e. The number of nitrogens with zero attached hydrogens (tertiary/aromatic N) is 3. The maximum Gasteiger partial charge on any atom is 0.227 e. The molecule has 0 saturated carbocycles. The van der Waals surface area contributed by atoms with Gasteiger partial charge in [-0.25, -0.2) is 0 Å². The first kappa shape index (κ1) is 18.4. The van der Waals surface area contributed by atoms with E-state index in [0.717, 1.165) is 48.4 Å². The van der Waals surface area contributed by atoms with Crippen molar-refractivity contribution in [2.45, 2.75) is 32.1 Å². The maximum atomic E-state index is 12.8. The van der Waals surface area contributed by atoms with Crippen molar-refractivity contribution >= 4 is 5.91 Å². The van der Waals surface area contributed by atoms with Gasteiger partial charge in [-0.05, 0) is 55.7 Å². The van der Waals surface area contributed by atoms with E-state index in [4.69, 9.17) is 4.98 Å². The molecule has 0 aliphatic carbocycles. The highest BCUT2D eigenvalue weighted by Crippen LogP contribution is 2.28. The molecule has 142 valence electrons. The Bertz CT molecular complexity index is 955. The molecule has 1 amide bonds. The van der Waals surface area contributed by atoms with Gasteiger partial charge < -0.3 is 4.90 Å². The number of amides is 1. The first-order chi connectivity index (χ1) is 13.7. The van der Waals surface area contributed by atoms with Crippen LogP contribution in [-0.2, 0) is 11.2 Å². The molecule has 4 nitrogen and oxygen atoms in total. The summed E-state index contributed by atoms with van der Waals surface area (Å²) in [6.07, 6.45) is 6.00. The van der Waals surface area contributed by atoms with E-state index in [0.29, 0.717) is 12.3 Å². The summed E-state index contributed by atoms with van der Waals surface area (Å²) in [4.78, 5) is 23.7. The van der Waals surface area contributed by atoms with Gasteiger partial charge in [-0.1, -0.05) is 29.8 Å². The number of hydrogen-bond acceptors (Lipinski definition) is 3. The number of likely N-dealkylation sites (tertiary alicyclic amines) is 1. The highest BCUT2D eigenvalue weighted by Gasteiger charge is 2.25. The number of pyridine rings is 2. The van der Waals surface area contributed by atoms with E-state index in [9.17, 15) is 4.79 Å². The van der Waals surface area contributed by atoms with Gasteiger partial charge in [0, 0.05) is 42.7 Å². The predicted octanol–water partition coefficient (Wildman–Crippen LogP) is 4.40. The molecule has 1 saturated heterocycles. The van der Waals surface area contributed by atoms with Gasteiger partial charge in [0.2, 0.25) is 5.91 Å². The highest BCUT2D eigenvalue weighted by molar-refractivity contribution is 5.79. The minimum Gasteiger partial charge on any atom is -0.342 e. The number of carbonyl (C=O) groups excluding carboxylic acids is 1. The van der Waals surface area contributed by atoms with E-state index in [1.165, 1.54) is 5.56 Å². The van der Waals surface area contributed by atoms with E-state index in [2.05, 4.69) is 54.4 Å². The number of hydrogen-bond donors (Lipinski definition) is 0. The molecule has 28 heavy (non-hydrogen) atoms. The summed E-state index contributed by atoms with van der Waals surface area (Å²) < 4.78 is 0. The Morgan fingerprint density at radius 1 is 1.11 bits per heavy atom. The van der Waals surface area contributed by atoms with Gasteiger partial charge in [0.1, 0.15) is 0 Å². The molecule has 1 aliphatic heterocycles. The van der Waals surface area contributed by atoms with Crippen LogP contribution in [0.4, 0.5) is 0 Å². The van der Waals surface area contributed by atoms with Crippen molar-refractivity contribution in [2.24, 2.45) is 0 Å². The lowest BCUT2D eigenvalue weighted by atomic mass is 9.93.